The molecule has 1 fully saturated rings. The molecule has 4 heteroatoms. The Bertz CT molecular complexity index is 459. The van der Waals surface area contributed by atoms with E-state index in [2.05, 4.69) is 35.1 Å². The molecule has 2 rings (SSSR count). The maximum atomic E-state index is 12.4. The van der Waals surface area contributed by atoms with Crippen molar-refractivity contribution in [3.05, 3.63) is 23.9 Å². The summed E-state index contributed by atoms with van der Waals surface area (Å²) < 4.78 is 0. The second kappa shape index (κ2) is 6.73. The van der Waals surface area contributed by atoms with Crippen LogP contribution in [0.4, 0.5) is 5.82 Å². The van der Waals surface area contributed by atoms with Gasteiger partial charge in [-0.15, -0.1) is 0 Å². The van der Waals surface area contributed by atoms with Gasteiger partial charge in [-0.1, -0.05) is 13.8 Å². The Morgan fingerprint density at radius 1 is 1.55 bits per heavy atom. The second-order valence-electron chi connectivity index (χ2n) is 5.90. The van der Waals surface area contributed by atoms with Crippen LogP contribution in [0.2, 0.25) is 0 Å². The number of anilines is 1. The number of hydrogen-bond donors (Lipinski definition) is 1. The molecule has 0 radical (unpaired) electrons. The fourth-order valence-corrected chi connectivity index (χ4v) is 2.76. The Kier molecular flexibility index (Phi) is 4.99. The molecule has 1 N–H and O–H groups in total. The molecule has 0 unspecified atom stereocenters. The van der Waals surface area contributed by atoms with E-state index in [-0.39, 0.29) is 6.04 Å². The molecule has 4 nitrogen and oxygen atoms in total. The Hall–Kier alpha value is -1.58. The molecule has 2 heterocycles. The molecule has 1 amide bonds. The molecule has 110 valence electrons. The fourth-order valence-electron chi connectivity index (χ4n) is 2.76. The summed E-state index contributed by atoms with van der Waals surface area (Å²) in [6, 6.07) is 4.31. The van der Waals surface area contributed by atoms with Crippen LogP contribution >= 0.6 is 0 Å². The van der Waals surface area contributed by atoms with Crippen molar-refractivity contribution in [3.63, 3.8) is 0 Å². The second-order valence-corrected chi connectivity index (χ2v) is 5.90. The number of pyridine rings is 1. The number of carbonyl (C=O) groups is 1. The topological polar surface area (TPSA) is 45.2 Å². The molecule has 20 heavy (non-hydrogen) atoms. The van der Waals surface area contributed by atoms with E-state index >= 15 is 0 Å². The Morgan fingerprint density at radius 3 is 3.05 bits per heavy atom. The SMILES string of the molecule is CNc1cc([C@H]2CCCN2C(=O)CCC(C)C)ccn1. The van der Waals surface area contributed by atoms with Crippen LogP contribution in [0.5, 0.6) is 0 Å². The summed E-state index contributed by atoms with van der Waals surface area (Å²) in [7, 11) is 1.87. The van der Waals surface area contributed by atoms with E-state index in [4.69, 9.17) is 0 Å². The summed E-state index contributed by atoms with van der Waals surface area (Å²) >= 11 is 0. The van der Waals surface area contributed by atoms with Gasteiger partial charge < -0.3 is 10.2 Å². The lowest BCUT2D eigenvalue weighted by Gasteiger charge is -2.25. The zero-order valence-corrected chi connectivity index (χ0v) is 12.7. The molecule has 0 spiro atoms. The van der Waals surface area contributed by atoms with Crippen LogP contribution < -0.4 is 5.32 Å². The van der Waals surface area contributed by atoms with Gasteiger partial charge in [0.1, 0.15) is 5.82 Å². The van der Waals surface area contributed by atoms with Crippen LogP contribution in [0, 0.1) is 5.92 Å². The van der Waals surface area contributed by atoms with Crippen LogP contribution in [0.25, 0.3) is 0 Å². The lowest BCUT2D eigenvalue weighted by Crippen LogP contribution is -2.30. The Labute approximate surface area is 121 Å². The van der Waals surface area contributed by atoms with Crippen molar-refractivity contribution in [2.24, 2.45) is 5.92 Å². The van der Waals surface area contributed by atoms with E-state index in [0.29, 0.717) is 18.2 Å². The zero-order chi connectivity index (χ0) is 14.5. The number of likely N-dealkylation sites (tertiary alicyclic amines) is 1. The first-order valence-electron chi connectivity index (χ1n) is 7.55. The molecule has 0 saturated carbocycles. The maximum Gasteiger partial charge on any atom is 0.223 e. The molecule has 0 aromatic carbocycles. The first-order valence-corrected chi connectivity index (χ1v) is 7.55. The summed E-state index contributed by atoms with van der Waals surface area (Å²) in [5.41, 5.74) is 1.19. The number of amides is 1. The fraction of sp³-hybridized carbons (Fsp3) is 0.625. The number of carbonyl (C=O) groups excluding carboxylic acids is 1. The van der Waals surface area contributed by atoms with Crippen molar-refractivity contribution < 1.29 is 4.79 Å². The van der Waals surface area contributed by atoms with E-state index < -0.39 is 0 Å². The zero-order valence-electron chi connectivity index (χ0n) is 12.7. The van der Waals surface area contributed by atoms with Crippen LogP contribution in [0.1, 0.15) is 51.1 Å². The molecule has 1 atom stereocenters. The van der Waals surface area contributed by atoms with Gasteiger partial charge in [0.25, 0.3) is 0 Å². The van der Waals surface area contributed by atoms with Gasteiger partial charge >= 0.3 is 0 Å². The molecule has 0 bridgehead atoms. The predicted molar refractivity (Wildman–Crippen MR) is 81.5 cm³/mol. The van der Waals surface area contributed by atoms with Crippen molar-refractivity contribution in [3.8, 4) is 0 Å². The van der Waals surface area contributed by atoms with E-state index in [1.54, 1.807) is 0 Å². The van der Waals surface area contributed by atoms with Gasteiger partial charge in [0.05, 0.1) is 6.04 Å². The normalized spacial score (nSPS) is 18.6. The summed E-state index contributed by atoms with van der Waals surface area (Å²) in [6.07, 6.45) is 5.60. The minimum absolute atomic E-state index is 0.227. The third-order valence-corrected chi connectivity index (χ3v) is 3.93. The van der Waals surface area contributed by atoms with Crippen LogP contribution in [-0.4, -0.2) is 29.4 Å². The van der Waals surface area contributed by atoms with Crippen molar-refractivity contribution in [1.82, 2.24) is 9.88 Å². The molecule has 1 aromatic heterocycles. The molecule has 1 aliphatic rings. The average molecular weight is 275 g/mol. The van der Waals surface area contributed by atoms with Crippen molar-refractivity contribution in [1.29, 1.82) is 0 Å². The highest BCUT2D eigenvalue weighted by Crippen LogP contribution is 2.33. The first kappa shape index (κ1) is 14.8. The maximum absolute atomic E-state index is 12.4. The van der Waals surface area contributed by atoms with Gasteiger partial charge in [-0.2, -0.15) is 0 Å². The van der Waals surface area contributed by atoms with Crippen LogP contribution in [-0.2, 0) is 4.79 Å². The number of aromatic nitrogens is 1. The van der Waals surface area contributed by atoms with Gasteiger partial charge in [0, 0.05) is 26.2 Å². The monoisotopic (exact) mass is 275 g/mol. The summed E-state index contributed by atoms with van der Waals surface area (Å²) in [5.74, 6) is 1.74. The van der Waals surface area contributed by atoms with Crippen molar-refractivity contribution in [2.75, 3.05) is 18.9 Å². The van der Waals surface area contributed by atoms with Gasteiger partial charge in [-0.3, -0.25) is 4.79 Å². The summed E-state index contributed by atoms with van der Waals surface area (Å²) in [6.45, 7) is 5.21. The van der Waals surface area contributed by atoms with Crippen molar-refractivity contribution in [2.45, 2.75) is 45.6 Å². The smallest absolute Gasteiger partial charge is 0.223 e. The number of nitrogens with one attached hydrogen (secondary N) is 1. The molecule has 1 aromatic rings. The summed E-state index contributed by atoms with van der Waals surface area (Å²) in [4.78, 5) is 18.7. The lowest BCUT2D eigenvalue weighted by atomic mass is 10.0. The van der Waals surface area contributed by atoms with Crippen molar-refractivity contribution >= 4 is 11.7 Å². The average Bonchev–Trinajstić information content (AvgIpc) is 2.94. The highest BCUT2D eigenvalue weighted by Gasteiger charge is 2.29. The molecule has 1 saturated heterocycles. The Morgan fingerprint density at radius 2 is 2.35 bits per heavy atom. The predicted octanol–water partition coefficient (Wildman–Crippen LogP) is 3.22. The first-order chi connectivity index (χ1) is 9.61. The Balaban J connectivity index is 2.08. The number of hydrogen-bond acceptors (Lipinski definition) is 3. The molecule has 0 aliphatic carbocycles. The van der Waals surface area contributed by atoms with Gasteiger partial charge in [0.15, 0.2) is 0 Å². The van der Waals surface area contributed by atoms with E-state index in [9.17, 15) is 4.79 Å². The number of rotatable bonds is 5. The lowest BCUT2D eigenvalue weighted by molar-refractivity contribution is -0.132. The van der Waals surface area contributed by atoms with E-state index in [1.165, 1.54) is 5.56 Å². The van der Waals surface area contributed by atoms with Gasteiger partial charge in [-0.25, -0.2) is 4.98 Å². The standard InChI is InChI=1S/C16H25N3O/c1-12(2)6-7-16(20)19-10-4-5-14(19)13-8-9-18-15(11-13)17-3/h8-9,11-12,14H,4-7,10H2,1-3H3,(H,17,18)/t14-/m1/s1. The third-order valence-electron chi connectivity index (χ3n) is 3.93. The van der Waals surface area contributed by atoms with Crippen LogP contribution in [0.15, 0.2) is 18.3 Å². The molecular formula is C16H25N3O. The largest absolute Gasteiger partial charge is 0.373 e. The molecule has 1 aliphatic heterocycles. The van der Waals surface area contributed by atoms with Gasteiger partial charge in [0.2, 0.25) is 5.91 Å². The van der Waals surface area contributed by atoms with E-state index in [0.717, 1.165) is 31.6 Å². The van der Waals surface area contributed by atoms with E-state index in [1.807, 2.05) is 19.3 Å². The summed E-state index contributed by atoms with van der Waals surface area (Å²) in [5, 5.41) is 3.06. The third kappa shape index (κ3) is 3.50. The van der Waals surface area contributed by atoms with Crippen LogP contribution in [0.3, 0.4) is 0 Å². The number of nitrogens with zero attached hydrogens (tertiary/aromatic N) is 2. The highest BCUT2D eigenvalue weighted by molar-refractivity contribution is 5.77. The quantitative estimate of drug-likeness (QED) is 0.897. The van der Waals surface area contributed by atoms with Gasteiger partial charge in [-0.05, 0) is 42.9 Å². The minimum Gasteiger partial charge on any atom is -0.373 e. The highest BCUT2D eigenvalue weighted by atomic mass is 16.2. The minimum atomic E-state index is 0.227. The molecular weight excluding hydrogens is 250 g/mol.